The number of benzene rings is 1. The van der Waals surface area contributed by atoms with E-state index in [1.54, 1.807) is 23.5 Å². The quantitative estimate of drug-likeness (QED) is 0.606. The Labute approximate surface area is 148 Å². The van der Waals surface area contributed by atoms with E-state index < -0.39 is 0 Å². The molecule has 2 aromatic rings. The largest absolute Gasteiger partial charge is 0.492 e. The van der Waals surface area contributed by atoms with E-state index in [2.05, 4.69) is 31.9 Å². The van der Waals surface area contributed by atoms with Crippen LogP contribution in [-0.4, -0.2) is 6.61 Å². The summed E-state index contributed by atoms with van der Waals surface area (Å²) in [4.78, 5) is 0.992. The Kier molecular flexibility index (Phi) is 5.79. The summed E-state index contributed by atoms with van der Waals surface area (Å²) >= 11 is 21.0. The van der Waals surface area contributed by atoms with Crippen molar-refractivity contribution < 1.29 is 4.74 Å². The first-order valence-electron chi connectivity index (χ1n) is 5.76. The Hall–Kier alpha value is 0.220. The highest BCUT2D eigenvalue weighted by Gasteiger charge is 2.18. The normalized spacial score (nSPS) is 12.5. The predicted molar refractivity (Wildman–Crippen MR) is 93.4 cm³/mol. The topological polar surface area (TPSA) is 35.2 Å². The lowest BCUT2D eigenvalue weighted by molar-refractivity contribution is 0.340. The minimum Gasteiger partial charge on any atom is -0.492 e. The van der Waals surface area contributed by atoms with Crippen molar-refractivity contribution in [3.05, 3.63) is 46.9 Å². The fraction of sp³-hybridized carbons (Fsp3) is 0.231. The third-order valence-corrected chi connectivity index (χ3v) is 6.62. The Bertz CT molecular complexity index is 614. The fourth-order valence-electron chi connectivity index (χ4n) is 1.72. The highest BCUT2D eigenvalue weighted by molar-refractivity contribution is 9.13. The van der Waals surface area contributed by atoms with Gasteiger partial charge in [-0.25, -0.2) is 0 Å². The van der Waals surface area contributed by atoms with Gasteiger partial charge in [-0.3, -0.25) is 0 Å². The Morgan fingerprint density at radius 1 is 1.25 bits per heavy atom. The van der Waals surface area contributed by atoms with Gasteiger partial charge in [0.1, 0.15) is 5.75 Å². The molecule has 0 saturated carbocycles. The van der Waals surface area contributed by atoms with Crippen LogP contribution in [0.5, 0.6) is 5.75 Å². The van der Waals surface area contributed by atoms with Crippen LogP contribution >= 0.6 is 66.4 Å². The van der Waals surface area contributed by atoms with Gasteiger partial charge in [0.05, 0.1) is 21.5 Å². The van der Waals surface area contributed by atoms with E-state index >= 15 is 0 Å². The SMILES string of the molecule is CCOc1cc(Cl)c(C(N)c2cc(Br)c(Br)s2)cc1Cl. The van der Waals surface area contributed by atoms with Crippen LogP contribution < -0.4 is 10.5 Å². The van der Waals surface area contributed by atoms with Crippen LogP contribution in [0.3, 0.4) is 0 Å². The molecule has 2 nitrogen and oxygen atoms in total. The maximum Gasteiger partial charge on any atom is 0.139 e. The predicted octanol–water partition coefficient (Wildman–Crippen LogP) is 6.03. The fourth-order valence-corrected chi connectivity index (χ4v) is 4.33. The Balaban J connectivity index is 2.39. The molecule has 20 heavy (non-hydrogen) atoms. The van der Waals surface area contributed by atoms with Crippen LogP contribution in [0.15, 0.2) is 26.5 Å². The van der Waals surface area contributed by atoms with E-state index in [-0.39, 0.29) is 6.04 Å². The third-order valence-electron chi connectivity index (χ3n) is 2.66. The van der Waals surface area contributed by atoms with E-state index in [0.29, 0.717) is 22.4 Å². The van der Waals surface area contributed by atoms with Crippen LogP contribution in [0.4, 0.5) is 0 Å². The van der Waals surface area contributed by atoms with Crippen LogP contribution in [0.1, 0.15) is 23.4 Å². The molecule has 0 saturated heterocycles. The van der Waals surface area contributed by atoms with Gasteiger partial charge in [0.15, 0.2) is 0 Å². The molecule has 1 aromatic carbocycles. The summed E-state index contributed by atoms with van der Waals surface area (Å²) in [6, 6.07) is 5.12. The van der Waals surface area contributed by atoms with Crippen LogP contribution in [-0.2, 0) is 0 Å². The van der Waals surface area contributed by atoms with Crippen molar-refractivity contribution in [1.29, 1.82) is 0 Å². The summed E-state index contributed by atoms with van der Waals surface area (Å²) in [6.07, 6.45) is 0. The second kappa shape index (κ2) is 6.99. The van der Waals surface area contributed by atoms with Crippen LogP contribution in [0, 0.1) is 0 Å². The third kappa shape index (κ3) is 3.51. The zero-order chi connectivity index (χ0) is 14.9. The summed E-state index contributed by atoms with van der Waals surface area (Å²) in [5.41, 5.74) is 7.06. The summed E-state index contributed by atoms with van der Waals surface area (Å²) in [6.45, 7) is 2.43. The number of nitrogens with two attached hydrogens (primary N) is 1. The number of rotatable bonds is 4. The molecule has 0 spiro atoms. The molecule has 2 rings (SSSR count). The van der Waals surface area contributed by atoms with Gasteiger partial charge < -0.3 is 10.5 Å². The first kappa shape index (κ1) is 16.6. The van der Waals surface area contributed by atoms with E-state index in [1.165, 1.54) is 0 Å². The molecule has 7 heteroatoms. The molecule has 1 heterocycles. The van der Waals surface area contributed by atoms with Gasteiger partial charge in [-0.1, -0.05) is 23.2 Å². The summed E-state index contributed by atoms with van der Waals surface area (Å²) in [5.74, 6) is 0.573. The number of ether oxygens (including phenoxy) is 1. The van der Waals surface area contributed by atoms with Crippen molar-refractivity contribution in [2.45, 2.75) is 13.0 Å². The standard InChI is InChI=1S/C13H11Br2Cl2NOS/c1-2-19-10-5-8(16)6(3-9(10)17)12(18)11-4-7(14)13(15)20-11/h3-5,12H,2,18H2,1H3. The van der Waals surface area contributed by atoms with Crippen molar-refractivity contribution in [3.8, 4) is 5.75 Å². The minimum atomic E-state index is -0.330. The summed E-state index contributed by atoms with van der Waals surface area (Å²) < 4.78 is 7.38. The molecule has 1 atom stereocenters. The molecule has 0 fully saturated rings. The number of hydrogen-bond acceptors (Lipinski definition) is 3. The Morgan fingerprint density at radius 3 is 2.50 bits per heavy atom. The second-order valence-electron chi connectivity index (χ2n) is 3.99. The first-order chi connectivity index (χ1) is 9.43. The van der Waals surface area contributed by atoms with Crippen LogP contribution in [0.25, 0.3) is 0 Å². The van der Waals surface area contributed by atoms with Gasteiger partial charge in [-0.2, -0.15) is 0 Å². The maximum absolute atomic E-state index is 6.29. The van der Waals surface area contributed by atoms with Gasteiger partial charge in [-0.15, -0.1) is 11.3 Å². The molecule has 0 aliphatic carbocycles. The summed E-state index contributed by atoms with van der Waals surface area (Å²) in [5, 5.41) is 1.06. The second-order valence-corrected chi connectivity index (χ2v) is 8.06. The smallest absolute Gasteiger partial charge is 0.139 e. The van der Waals surface area contributed by atoms with Crippen molar-refractivity contribution in [3.63, 3.8) is 0 Å². The van der Waals surface area contributed by atoms with Crippen molar-refractivity contribution in [2.24, 2.45) is 5.73 Å². The first-order valence-corrected chi connectivity index (χ1v) is 8.92. The minimum absolute atomic E-state index is 0.330. The molecule has 0 aliphatic heterocycles. The van der Waals surface area contributed by atoms with E-state index in [9.17, 15) is 0 Å². The molecular weight excluding hydrogens is 449 g/mol. The zero-order valence-electron chi connectivity index (χ0n) is 10.4. The average molecular weight is 460 g/mol. The highest BCUT2D eigenvalue weighted by atomic mass is 79.9. The van der Waals surface area contributed by atoms with Crippen LogP contribution in [0.2, 0.25) is 10.0 Å². The molecular formula is C13H11Br2Cl2NOS. The lowest BCUT2D eigenvalue weighted by Crippen LogP contribution is -2.11. The molecule has 0 aliphatic rings. The molecule has 108 valence electrons. The molecule has 0 radical (unpaired) electrons. The van der Waals surface area contributed by atoms with Crippen molar-refractivity contribution in [2.75, 3.05) is 6.61 Å². The number of thiophene rings is 1. The van der Waals surface area contributed by atoms with E-state index in [0.717, 1.165) is 18.7 Å². The number of hydrogen-bond donors (Lipinski definition) is 1. The van der Waals surface area contributed by atoms with Crippen molar-refractivity contribution in [1.82, 2.24) is 0 Å². The van der Waals surface area contributed by atoms with Gasteiger partial charge >= 0.3 is 0 Å². The monoisotopic (exact) mass is 457 g/mol. The van der Waals surface area contributed by atoms with E-state index in [1.807, 2.05) is 13.0 Å². The van der Waals surface area contributed by atoms with Gasteiger partial charge in [0, 0.05) is 20.4 Å². The summed E-state index contributed by atoms with van der Waals surface area (Å²) in [7, 11) is 0. The van der Waals surface area contributed by atoms with E-state index in [4.69, 9.17) is 33.7 Å². The lowest BCUT2D eigenvalue weighted by Gasteiger charge is -2.15. The average Bonchev–Trinajstić information content (AvgIpc) is 2.73. The zero-order valence-corrected chi connectivity index (χ0v) is 15.9. The number of halogens is 4. The van der Waals surface area contributed by atoms with Crippen molar-refractivity contribution >= 4 is 66.4 Å². The van der Waals surface area contributed by atoms with Gasteiger partial charge in [0.2, 0.25) is 0 Å². The molecule has 1 unspecified atom stereocenters. The maximum atomic E-state index is 6.29. The molecule has 2 N–H and O–H groups in total. The lowest BCUT2D eigenvalue weighted by atomic mass is 10.1. The van der Waals surface area contributed by atoms with Gasteiger partial charge in [0.25, 0.3) is 0 Å². The molecule has 0 amide bonds. The van der Waals surface area contributed by atoms with Gasteiger partial charge in [-0.05, 0) is 56.5 Å². The molecule has 0 bridgehead atoms. The Morgan fingerprint density at radius 2 is 1.95 bits per heavy atom. The highest BCUT2D eigenvalue weighted by Crippen LogP contribution is 2.40. The molecule has 1 aromatic heterocycles.